The fourth-order valence-electron chi connectivity index (χ4n) is 4.13. The van der Waals surface area contributed by atoms with Crippen molar-refractivity contribution in [3.63, 3.8) is 0 Å². The van der Waals surface area contributed by atoms with Crippen molar-refractivity contribution in [2.75, 3.05) is 0 Å². The molecule has 29 heavy (non-hydrogen) atoms. The van der Waals surface area contributed by atoms with Gasteiger partial charge in [-0.15, -0.1) is 0 Å². The van der Waals surface area contributed by atoms with Crippen LogP contribution in [-0.2, 0) is 6.42 Å². The SMILES string of the molecule is Cc1cccc(C[C@@H](c2nc3ccccc3[nH]2)[C@H](C)c2nc3ccccc3[nH]2)c1. The van der Waals surface area contributed by atoms with Gasteiger partial charge < -0.3 is 9.97 Å². The predicted octanol–water partition coefficient (Wildman–Crippen LogP) is 5.88. The minimum absolute atomic E-state index is 0.184. The van der Waals surface area contributed by atoms with Gasteiger partial charge in [-0.25, -0.2) is 9.97 Å². The van der Waals surface area contributed by atoms with Crippen molar-refractivity contribution < 1.29 is 0 Å². The van der Waals surface area contributed by atoms with E-state index in [0.717, 1.165) is 40.1 Å². The average molecular weight is 380 g/mol. The van der Waals surface area contributed by atoms with Gasteiger partial charge in [-0.05, 0) is 43.2 Å². The summed E-state index contributed by atoms with van der Waals surface area (Å²) in [5.74, 6) is 2.39. The minimum atomic E-state index is 0.184. The molecular weight excluding hydrogens is 356 g/mol. The van der Waals surface area contributed by atoms with Crippen LogP contribution in [0.4, 0.5) is 0 Å². The summed E-state index contributed by atoms with van der Waals surface area (Å²) in [5, 5.41) is 0. The van der Waals surface area contributed by atoms with Crippen molar-refractivity contribution in [1.29, 1.82) is 0 Å². The first-order chi connectivity index (χ1) is 14.2. The predicted molar refractivity (Wildman–Crippen MR) is 118 cm³/mol. The molecule has 0 saturated heterocycles. The first-order valence-electron chi connectivity index (χ1n) is 10.1. The molecule has 0 aliphatic carbocycles. The summed E-state index contributed by atoms with van der Waals surface area (Å²) in [4.78, 5) is 16.9. The molecular formula is C25H24N4. The van der Waals surface area contributed by atoms with Crippen LogP contribution in [0, 0.1) is 6.92 Å². The maximum atomic E-state index is 4.93. The molecule has 2 N–H and O–H groups in total. The Bertz CT molecular complexity index is 1210. The molecule has 2 atom stereocenters. The normalized spacial score (nSPS) is 13.7. The van der Waals surface area contributed by atoms with E-state index < -0.39 is 0 Å². The molecule has 4 heteroatoms. The Kier molecular flexibility index (Phi) is 4.39. The summed E-state index contributed by atoms with van der Waals surface area (Å²) >= 11 is 0. The van der Waals surface area contributed by atoms with Gasteiger partial charge in [0.05, 0.1) is 22.1 Å². The Morgan fingerprint density at radius 3 is 2.03 bits per heavy atom. The largest absolute Gasteiger partial charge is 0.342 e. The zero-order valence-corrected chi connectivity index (χ0v) is 16.7. The standard InChI is InChI=1S/C25H24N4/c1-16-8-7-9-18(14-16)15-19(25-28-22-12-5-6-13-23(22)29-25)17(2)24-26-20-10-3-4-11-21(20)27-24/h3-14,17,19H,15H2,1-2H3,(H,26,27)(H,28,29)/t17-,19+/m0/s1. The number of benzene rings is 3. The van der Waals surface area contributed by atoms with Crippen molar-refractivity contribution in [1.82, 2.24) is 19.9 Å². The molecule has 5 rings (SSSR count). The van der Waals surface area contributed by atoms with E-state index >= 15 is 0 Å². The third kappa shape index (κ3) is 3.42. The molecule has 2 heterocycles. The first kappa shape index (κ1) is 17.7. The molecule has 0 saturated carbocycles. The molecule has 3 aromatic carbocycles. The molecule has 0 fully saturated rings. The minimum Gasteiger partial charge on any atom is -0.342 e. The van der Waals surface area contributed by atoms with Crippen LogP contribution in [0.3, 0.4) is 0 Å². The topological polar surface area (TPSA) is 57.4 Å². The van der Waals surface area contributed by atoms with Crippen molar-refractivity contribution in [3.05, 3.63) is 95.6 Å². The second-order valence-electron chi connectivity index (χ2n) is 7.87. The Labute approximate surface area is 170 Å². The van der Waals surface area contributed by atoms with Crippen LogP contribution in [0.5, 0.6) is 0 Å². The van der Waals surface area contributed by atoms with Gasteiger partial charge >= 0.3 is 0 Å². The molecule has 0 amide bonds. The summed E-state index contributed by atoms with van der Waals surface area (Å²) in [6.45, 7) is 4.38. The third-order valence-electron chi connectivity index (χ3n) is 5.74. The summed E-state index contributed by atoms with van der Waals surface area (Å²) in [6, 6.07) is 25.2. The quantitative estimate of drug-likeness (QED) is 0.400. The van der Waals surface area contributed by atoms with E-state index in [4.69, 9.17) is 9.97 Å². The van der Waals surface area contributed by atoms with E-state index in [0.29, 0.717) is 0 Å². The second-order valence-corrected chi connectivity index (χ2v) is 7.87. The number of para-hydroxylation sites is 4. The summed E-state index contributed by atoms with van der Waals surface area (Å²) in [7, 11) is 0. The Hall–Kier alpha value is -3.40. The van der Waals surface area contributed by atoms with Gasteiger partial charge in [-0.2, -0.15) is 0 Å². The molecule has 2 aromatic heterocycles. The number of nitrogens with zero attached hydrogens (tertiary/aromatic N) is 2. The zero-order valence-electron chi connectivity index (χ0n) is 16.7. The monoisotopic (exact) mass is 380 g/mol. The van der Waals surface area contributed by atoms with Crippen LogP contribution in [-0.4, -0.2) is 19.9 Å². The fourth-order valence-corrected chi connectivity index (χ4v) is 4.13. The number of aromatic amines is 2. The van der Waals surface area contributed by atoms with Gasteiger partial charge in [-0.3, -0.25) is 0 Å². The van der Waals surface area contributed by atoms with Crippen molar-refractivity contribution in [2.24, 2.45) is 0 Å². The van der Waals surface area contributed by atoms with Crippen LogP contribution in [0.15, 0.2) is 72.8 Å². The number of aryl methyl sites for hydroxylation is 1. The third-order valence-corrected chi connectivity index (χ3v) is 5.74. The number of imidazole rings is 2. The Morgan fingerprint density at radius 1 is 0.759 bits per heavy atom. The summed E-state index contributed by atoms with van der Waals surface area (Å²) in [6.07, 6.45) is 0.902. The fraction of sp³-hybridized carbons (Fsp3) is 0.200. The van der Waals surface area contributed by atoms with Crippen LogP contribution in [0.25, 0.3) is 22.1 Å². The summed E-state index contributed by atoms with van der Waals surface area (Å²) in [5.41, 5.74) is 6.77. The van der Waals surface area contributed by atoms with Crippen LogP contribution in [0.1, 0.15) is 41.5 Å². The van der Waals surface area contributed by atoms with Crippen LogP contribution >= 0.6 is 0 Å². The molecule has 0 unspecified atom stereocenters. The number of hydrogen-bond donors (Lipinski definition) is 2. The number of fused-ring (bicyclic) bond motifs is 2. The maximum Gasteiger partial charge on any atom is 0.111 e. The Morgan fingerprint density at radius 2 is 1.38 bits per heavy atom. The second kappa shape index (κ2) is 7.21. The van der Waals surface area contributed by atoms with Gasteiger partial charge in [0.15, 0.2) is 0 Å². The Balaban J connectivity index is 1.58. The molecule has 144 valence electrons. The lowest BCUT2D eigenvalue weighted by Crippen LogP contribution is -2.14. The van der Waals surface area contributed by atoms with E-state index in [-0.39, 0.29) is 11.8 Å². The zero-order chi connectivity index (χ0) is 19.8. The van der Waals surface area contributed by atoms with Gasteiger partial charge in [-0.1, -0.05) is 61.0 Å². The van der Waals surface area contributed by atoms with E-state index in [1.54, 1.807) is 0 Å². The number of aromatic nitrogens is 4. The molecule has 0 aliphatic heterocycles. The van der Waals surface area contributed by atoms with Crippen LogP contribution in [0.2, 0.25) is 0 Å². The lowest BCUT2D eigenvalue weighted by molar-refractivity contribution is 0.530. The van der Waals surface area contributed by atoms with E-state index in [9.17, 15) is 0 Å². The number of hydrogen-bond acceptors (Lipinski definition) is 2. The lowest BCUT2D eigenvalue weighted by atomic mass is 9.86. The number of nitrogens with one attached hydrogen (secondary N) is 2. The molecule has 0 spiro atoms. The highest BCUT2D eigenvalue weighted by atomic mass is 15.0. The molecule has 0 aliphatic rings. The highest BCUT2D eigenvalue weighted by Crippen LogP contribution is 2.35. The van der Waals surface area contributed by atoms with Crippen LogP contribution < -0.4 is 0 Å². The maximum absolute atomic E-state index is 4.93. The average Bonchev–Trinajstić information content (AvgIpc) is 3.35. The number of rotatable bonds is 5. The lowest BCUT2D eigenvalue weighted by Gasteiger charge is -2.21. The van der Waals surface area contributed by atoms with E-state index in [1.165, 1.54) is 11.1 Å². The molecule has 0 bridgehead atoms. The molecule has 4 nitrogen and oxygen atoms in total. The first-order valence-corrected chi connectivity index (χ1v) is 10.1. The smallest absolute Gasteiger partial charge is 0.111 e. The highest BCUT2D eigenvalue weighted by Gasteiger charge is 2.27. The van der Waals surface area contributed by atoms with Crippen molar-refractivity contribution in [2.45, 2.75) is 32.1 Å². The van der Waals surface area contributed by atoms with Gasteiger partial charge in [0.2, 0.25) is 0 Å². The van der Waals surface area contributed by atoms with Gasteiger partial charge in [0.1, 0.15) is 11.6 Å². The highest BCUT2D eigenvalue weighted by molar-refractivity contribution is 5.75. The summed E-state index contributed by atoms with van der Waals surface area (Å²) < 4.78 is 0. The van der Waals surface area contributed by atoms with E-state index in [2.05, 4.69) is 72.3 Å². The van der Waals surface area contributed by atoms with Crippen molar-refractivity contribution >= 4 is 22.1 Å². The molecule has 0 radical (unpaired) electrons. The van der Waals surface area contributed by atoms with Gasteiger partial charge in [0, 0.05) is 11.8 Å². The van der Waals surface area contributed by atoms with Crippen molar-refractivity contribution in [3.8, 4) is 0 Å². The molecule has 5 aromatic rings. The van der Waals surface area contributed by atoms with E-state index in [1.807, 2.05) is 24.3 Å². The van der Waals surface area contributed by atoms with Gasteiger partial charge in [0.25, 0.3) is 0 Å². The number of H-pyrrole nitrogens is 2.